The van der Waals surface area contributed by atoms with Gasteiger partial charge in [0.25, 0.3) is 0 Å². The Labute approximate surface area is 142 Å². The smallest absolute Gasteiger partial charge is 0.237 e. The summed E-state index contributed by atoms with van der Waals surface area (Å²) in [6.07, 6.45) is 1.64. The number of benzene rings is 1. The van der Waals surface area contributed by atoms with Crippen LogP contribution in [-0.4, -0.2) is 16.1 Å². The zero-order valence-electron chi connectivity index (χ0n) is 12.6. The van der Waals surface area contributed by atoms with Crippen LogP contribution in [0.25, 0.3) is 10.8 Å². The lowest BCUT2D eigenvalue weighted by atomic mass is 10.3. The average molecular weight is 344 g/mol. The molecular formula is C17H16N2O2S2. The van der Waals surface area contributed by atoms with Crippen LogP contribution < -0.4 is 5.32 Å². The summed E-state index contributed by atoms with van der Waals surface area (Å²) in [7, 11) is 0. The molecule has 4 nitrogen and oxygen atoms in total. The highest BCUT2D eigenvalue weighted by atomic mass is 32.2. The molecule has 3 rings (SSSR count). The first kappa shape index (κ1) is 15.8. The predicted octanol–water partition coefficient (Wildman–Crippen LogP) is 4.66. The van der Waals surface area contributed by atoms with E-state index in [0.717, 1.165) is 22.1 Å². The largest absolute Gasteiger partial charge is 0.462 e. The Hall–Kier alpha value is -2.05. The Kier molecular flexibility index (Phi) is 5.15. The van der Waals surface area contributed by atoms with Crippen LogP contribution in [0.3, 0.4) is 0 Å². The zero-order chi connectivity index (χ0) is 16.1. The second-order valence-corrected chi connectivity index (χ2v) is 7.12. The highest BCUT2D eigenvalue weighted by molar-refractivity contribution is 7.99. The van der Waals surface area contributed by atoms with E-state index in [1.165, 1.54) is 0 Å². The Bertz CT molecular complexity index is 754. The Morgan fingerprint density at radius 3 is 2.87 bits per heavy atom. The van der Waals surface area contributed by atoms with E-state index in [-0.39, 0.29) is 11.2 Å². The van der Waals surface area contributed by atoms with Crippen LogP contribution in [0.2, 0.25) is 0 Å². The minimum atomic E-state index is -0.149. The van der Waals surface area contributed by atoms with E-state index < -0.39 is 0 Å². The SMILES string of the molecule is CC(SCc1csc(-c2ccco2)n1)C(=O)Nc1ccccc1. The van der Waals surface area contributed by atoms with Gasteiger partial charge in [0.05, 0.1) is 17.2 Å². The topological polar surface area (TPSA) is 55.1 Å². The summed E-state index contributed by atoms with van der Waals surface area (Å²) in [6, 6.07) is 13.2. The van der Waals surface area contributed by atoms with Gasteiger partial charge in [0.1, 0.15) is 0 Å². The molecule has 118 valence electrons. The van der Waals surface area contributed by atoms with E-state index >= 15 is 0 Å². The average Bonchev–Trinajstić information content (AvgIpc) is 3.24. The van der Waals surface area contributed by atoms with Gasteiger partial charge in [-0.05, 0) is 31.2 Å². The summed E-state index contributed by atoms with van der Waals surface area (Å²) in [5.74, 6) is 1.48. The van der Waals surface area contributed by atoms with E-state index in [4.69, 9.17) is 4.42 Å². The number of rotatable bonds is 6. The molecule has 0 radical (unpaired) electrons. The summed E-state index contributed by atoms with van der Waals surface area (Å²) in [5, 5.41) is 5.64. The van der Waals surface area contributed by atoms with Crippen LogP contribution in [0, 0.1) is 0 Å². The van der Waals surface area contributed by atoms with Gasteiger partial charge in [0, 0.05) is 16.8 Å². The van der Waals surface area contributed by atoms with Crippen molar-refractivity contribution in [3.05, 3.63) is 59.8 Å². The molecule has 3 aromatic rings. The van der Waals surface area contributed by atoms with E-state index in [2.05, 4.69) is 10.3 Å². The van der Waals surface area contributed by atoms with Crippen LogP contribution in [0.5, 0.6) is 0 Å². The molecule has 0 aliphatic carbocycles. The van der Waals surface area contributed by atoms with Crippen LogP contribution >= 0.6 is 23.1 Å². The van der Waals surface area contributed by atoms with E-state index in [1.807, 2.05) is 54.8 Å². The summed E-state index contributed by atoms with van der Waals surface area (Å²) in [4.78, 5) is 16.7. The van der Waals surface area contributed by atoms with Gasteiger partial charge in [0.2, 0.25) is 5.91 Å². The number of thiazole rings is 1. The number of aromatic nitrogens is 1. The van der Waals surface area contributed by atoms with Crippen LogP contribution in [0.15, 0.2) is 58.5 Å². The number of nitrogens with one attached hydrogen (secondary N) is 1. The summed E-state index contributed by atoms with van der Waals surface area (Å²) < 4.78 is 5.34. The van der Waals surface area contributed by atoms with Gasteiger partial charge in [-0.15, -0.1) is 23.1 Å². The van der Waals surface area contributed by atoms with E-state index in [9.17, 15) is 4.79 Å². The van der Waals surface area contributed by atoms with Crippen LogP contribution in [-0.2, 0) is 10.5 Å². The maximum atomic E-state index is 12.2. The summed E-state index contributed by atoms with van der Waals surface area (Å²) in [5.41, 5.74) is 1.78. The number of furan rings is 1. The van der Waals surface area contributed by atoms with Crippen LogP contribution in [0.1, 0.15) is 12.6 Å². The van der Waals surface area contributed by atoms with Crippen molar-refractivity contribution >= 4 is 34.7 Å². The molecule has 0 aliphatic rings. The third-order valence-electron chi connectivity index (χ3n) is 3.18. The van der Waals surface area contributed by atoms with Crippen molar-refractivity contribution in [3.63, 3.8) is 0 Å². The zero-order valence-corrected chi connectivity index (χ0v) is 14.2. The quantitative estimate of drug-likeness (QED) is 0.706. The molecule has 1 aromatic carbocycles. The van der Waals surface area contributed by atoms with E-state index in [0.29, 0.717) is 5.75 Å². The predicted molar refractivity (Wildman–Crippen MR) is 95.6 cm³/mol. The molecule has 6 heteroatoms. The maximum absolute atomic E-state index is 12.2. The van der Waals surface area contributed by atoms with Gasteiger partial charge in [-0.2, -0.15) is 0 Å². The van der Waals surface area contributed by atoms with Gasteiger partial charge in [-0.3, -0.25) is 4.79 Å². The monoisotopic (exact) mass is 344 g/mol. The Morgan fingerprint density at radius 2 is 2.13 bits per heavy atom. The molecule has 1 unspecified atom stereocenters. The maximum Gasteiger partial charge on any atom is 0.237 e. The second-order valence-electron chi connectivity index (χ2n) is 4.93. The fraction of sp³-hybridized carbons (Fsp3) is 0.176. The lowest BCUT2D eigenvalue weighted by molar-refractivity contribution is -0.115. The molecule has 1 atom stereocenters. The number of carbonyl (C=O) groups excluding carboxylic acids is 1. The molecule has 1 N–H and O–H groups in total. The Morgan fingerprint density at radius 1 is 1.30 bits per heavy atom. The molecular weight excluding hydrogens is 328 g/mol. The Balaban J connectivity index is 1.52. The van der Waals surface area contributed by atoms with Crippen molar-refractivity contribution < 1.29 is 9.21 Å². The fourth-order valence-corrected chi connectivity index (χ4v) is 3.61. The molecule has 0 bridgehead atoms. The van der Waals surface area contributed by atoms with Crippen molar-refractivity contribution in [1.29, 1.82) is 0 Å². The van der Waals surface area contributed by atoms with Crippen molar-refractivity contribution in [2.75, 3.05) is 5.32 Å². The number of hydrogen-bond donors (Lipinski definition) is 1. The fourth-order valence-electron chi connectivity index (χ4n) is 1.94. The third kappa shape index (κ3) is 4.24. The minimum Gasteiger partial charge on any atom is -0.462 e. The lowest BCUT2D eigenvalue weighted by Crippen LogP contribution is -2.22. The number of nitrogens with zero attached hydrogens (tertiary/aromatic N) is 1. The molecule has 0 spiro atoms. The van der Waals surface area contributed by atoms with E-state index in [1.54, 1.807) is 29.4 Å². The molecule has 23 heavy (non-hydrogen) atoms. The highest BCUT2D eigenvalue weighted by Crippen LogP contribution is 2.27. The highest BCUT2D eigenvalue weighted by Gasteiger charge is 2.15. The van der Waals surface area contributed by atoms with Gasteiger partial charge in [0.15, 0.2) is 10.8 Å². The second kappa shape index (κ2) is 7.48. The number of para-hydroxylation sites is 1. The molecule has 0 saturated carbocycles. The first-order valence-corrected chi connectivity index (χ1v) is 9.11. The molecule has 2 heterocycles. The van der Waals surface area contributed by atoms with Crippen LogP contribution in [0.4, 0.5) is 5.69 Å². The number of anilines is 1. The van der Waals surface area contributed by atoms with Gasteiger partial charge >= 0.3 is 0 Å². The minimum absolute atomic E-state index is 0.00249. The van der Waals surface area contributed by atoms with Crippen molar-refractivity contribution in [3.8, 4) is 10.8 Å². The van der Waals surface area contributed by atoms with Gasteiger partial charge < -0.3 is 9.73 Å². The first-order chi connectivity index (χ1) is 11.2. The van der Waals surface area contributed by atoms with Crippen molar-refractivity contribution in [1.82, 2.24) is 4.98 Å². The number of amides is 1. The molecule has 0 saturated heterocycles. The number of hydrogen-bond acceptors (Lipinski definition) is 5. The summed E-state index contributed by atoms with van der Waals surface area (Å²) >= 11 is 3.12. The lowest BCUT2D eigenvalue weighted by Gasteiger charge is -2.11. The molecule has 2 aromatic heterocycles. The third-order valence-corrected chi connectivity index (χ3v) is 5.26. The standard InChI is InChI=1S/C17H16N2O2S2/c1-12(16(20)18-13-6-3-2-4-7-13)22-10-14-11-23-17(19-14)15-8-5-9-21-15/h2-9,11-12H,10H2,1H3,(H,18,20). The van der Waals surface area contributed by atoms with Gasteiger partial charge in [-0.1, -0.05) is 18.2 Å². The van der Waals surface area contributed by atoms with Gasteiger partial charge in [-0.25, -0.2) is 4.98 Å². The first-order valence-electron chi connectivity index (χ1n) is 7.18. The normalized spacial score (nSPS) is 12.0. The molecule has 0 fully saturated rings. The molecule has 0 aliphatic heterocycles. The van der Waals surface area contributed by atoms with Crippen molar-refractivity contribution in [2.24, 2.45) is 0 Å². The number of carbonyl (C=O) groups is 1. The van der Waals surface area contributed by atoms with Crippen molar-refractivity contribution in [2.45, 2.75) is 17.9 Å². The summed E-state index contributed by atoms with van der Waals surface area (Å²) in [6.45, 7) is 1.91. The number of thioether (sulfide) groups is 1. The molecule has 1 amide bonds.